The highest BCUT2D eigenvalue weighted by Crippen LogP contribution is 2.50. The minimum atomic E-state index is -3.84. The van der Waals surface area contributed by atoms with Crippen molar-refractivity contribution < 1.29 is 45.9 Å². The number of carbonyl (C=O) groups excluding carboxylic acids is 1. The normalized spacial score (nSPS) is 41.1. The number of rotatable bonds is 6. The quantitative estimate of drug-likeness (QED) is 0.133. The molecule has 10 atom stereocenters. The summed E-state index contributed by atoms with van der Waals surface area (Å²) in [6.45, 7) is 18.9. The van der Waals surface area contributed by atoms with Crippen molar-refractivity contribution in [2.24, 2.45) is 17.8 Å². The lowest BCUT2D eigenvalue weighted by atomic mass is 9.70. The summed E-state index contributed by atoms with van der Waals surface area (Å²) < 4.78 is 63.0. The van der Waals surface area contributed by atoms with Gasteiger partial charge < -0.3 is 28.5 Å². The van der Waals surface area contributed by atoms with Crippen LogP contribution in [-0.2, 0) is 42.5 Å². The summed E-state index contributed by atoms with van der Waals surface area (Å²) >= 11 is 0. The number of hydrogen-bond acceptors (Lipinski definition) is 10. The van der Waals surface area contributed by atoms with Crippen molar-refractivity contribution in [2.75, 3.05) is 19.5 Å². The molecule has 12 heteroatoms. The molecule has 4 heterocycles. The van der Waals surface area contributed by atoms with Crippen molar-refractivity contribution in [3.8, 4) is 0 Å². The van der Waals surface area contributed by atoms with E-state index in [2.05, 4.69) is 73.7 Å². The van der Waals surface area contributed by atoms with Crippen LogP contribution in [0.3, 0.4) is 0 Å². The molecule has 0 unspecified atom stereocenters. The zero-order valence-corrected chi connectivity index (χ0v) is 34.2. The molecule has 0 aromatic carbocycles. The number of aliphatic hydroxyl groups is 1. The molecular weight excluding hydrogens is 689 g/mol. The summed E-state index contributed by atoms with van der Waals surface area (Å²) in [6, 6.07) is 0. The van der Waals surface area contributed by atoms with Gasteiger partial charge >= 0.3 is 5.97 Å². The summed E-state index contributed by atoms with van der Waals surface area (Å²) in [5.74, 6) is -2.07. The number of esters is 1. The monoisotopic (exact) mass is 750 g/mol. The lowest BCUT2D eigenvalue weighted by Crippen LogP contribution is -2.61. The van der Waals surface area contributed by atoms with E-state index in [1.807, 2.05) is 12.2 Å². The Kier molecular flexibility index (Phi) is 12.1. The summed E-state index contributed by atoms with van der Waals surface area (Å²) in [4.78, 5) is 14.6. The van der Waals surface area contributed by atoms with Crippen LogP contribution in [0.25, 0.3) is 0 Å². The molecule has 3 saturated heterocycles. The molecule has 5 rings (SSSR count). The van der Waals surface area contributed by atoms with Crippen molar-refractivity contribution in [1.29, 1.82) is 0 Å². The first kappa shape index (κ1) is 40.5. The van der Waals surface area contributed by atoms with Crippen LogP contribution in [0, 0.1) is 17.8 Å². The topological polar surface area (TPSA) is 127 Å². The van der Waals surface area contributed by atoms with Gasteiger partial charge in [-0.05, 0) is 73.7 Å². The Morgan fingerprint density at radius 1 is 1.14 bits per heavy atom. The lowest BCUT2D eigenvalue weighted by Gasteiger charge is -2.50. The van der Waals surface area contributed by atoms with Gasteiger partial charge in [0, 0.05) is 19.3 Å². The van der Waals surface area contributed by atoms with Crippen LogP contribution in [0.5, 0.6) is 0 Å². The van der Waals surface area contributed by atoms with E-state index < -0.39 is 60.0 Å². The van der Waals surface area contributed by atoms with E-state index in [-0.39, 0.29) is 36.4 Å². The third kappa shape index (κ3) is 9.02. The van der Waals surface area contributed by atoms with Crippen LogP contribution in [-0.4, -0.2) is 89.2 Å². The first-order chi connectivity index (χ1) is 23.7. The second-order valence-corrected chi connectivity index (χ2v) is 23.7. The van der Waals surface area contributed by atoms with Crippen LogP contribution in [0.1, 0.15) is 93.4 Å². The van der Waals surface area contributed by atoms with E-state index in [9.17, 15) is 18.3 Å². The molecule has 1 spiro atoms. The highest BCUT2D eigenvalue weighted by molar-refractivity contribution is 7.86. The van der Waals surface area contributed by atoms with Gasteiger partial charge in [-0.15, -0.1) is 0 Å². The second-order valence-electron chi connectivity index (χ2n) is 17.3. The number of hydrogen-bond donors (Lipinski definition) is 1. The Balaban J connectivity index is 1.60. The van der Waals surface area contributed by atoms with E-state index in [1.54, 1.807) is 6.08 Å². The van der Waals surface area contributed by atoms with Crippen LogP contribution in [0.2, 0.25) is 18.1 Å². The number of fused-ring (bicyclic) bond motifs is 2. The van der Waals surface area contributed by atoms with E-state index in [0.29, 0.717) is 42.7 Å². The molecule has 3 fully saturated rings. The van der Waals surface area contributed by atoms with Crippen LogP contribution < -0.4 is 0 Å². The number of ether oxygens (including phenoxy) is 4. The highest BCUT2D eigenvalue weighted by Gasteiger charge is 2.62. The fourth-order valence-corrected chi connectivity index (χ4v) is 9.67. The third-order valence-electron chi connectivity index (χ3n) is 12.0. The first-order valence-electron chi connectivity index (χ1n) is 18.8. The first-order valence-corrected chi connectivity index (χ1v) is 23.5. The van der Waals surface area contributed by atoms with Gasteiger partial charge in [-0.25, -0.2) is 0 Å². The van der Waals surface area contributed by atoms with Gasteiger partial charge in [-0.2, -0.15) is 8.42 Å². The Hall–Kier alpha value is -1.64. The van der Waals surface area contributed by atoms with Gasteiger partial charge in [0.2, 0.25) is 0 Å². The molecule has 0 amide bonds. The molecular formula is C39H62O10SSi. The Morgan fingerprint density at radius 3 is 2.53 bits per heavy atom. The minimum absolute atomic E-state index is 0.0398. The van der Waals surface area contributed by atoms with Crippen molar-refractivity contribution in [3.63, 3.8) is 0 Å². The fourth-order valence-electron chi connectivity index (χ4n) is 8.05. The van der Waals surface area contributed by atoms with Crippen molar-refractivity contribution in [2.45, 2.75) is 153 Å². The van der Waals surface area contributed by atoms with Gasteiger partial charge in [0.05, 0.1) is 37.8 Å². The molecule has 0 aromatic rings. The summed E-state index contributed by atoms with van der Waals surface area (Å²) in [5, 5.41) is 12.7. The van der Waals surface area contributed by atoms with E-state index in [4.69, 9.17) is 27.6 Å². The summed E-state index contributed by atoms with van der Waals surface area (Å²) in [6.07, 6.45) is 13.1. The van der Waals surface area contributed by atoms with Gasteiger partial charge in [0.25, 0.3) is 10.1 Å². The SMILES string of the molecule is CC[C@H]1O[C@]2(CC[C@@H]1C)C[C@@H]1C[C@@H](C/C=C(\C)C[C@@H](C)/C=C/C=C3\CO[C@@H]4[C@H](O[Si](C)(C)C(C)(C)C)C(COS(C)(=O)=O)=C[C@@H](C(=O)O1)[C@]34O)O2. The van der Waals surface area contributed by atoms with Crippen LogP contribution >= 0.6 is 0 Å². The van der Waals surface area contributed by atoms with E-state index in [1.165, 1.54) is 5.57 Å². The number of carbonyl (C=O) groups is 1. The largest absolute Gasteiger partial charge is 0.462 e. The van der Waals surface area contributed by atoms with Crippen molar-refractivity contribution >= 4 is 24.4 Å². The third-order valence-corrected chi connectivity index (χ3v) is 17.0. The predicted molar refractivity (Wildman–Crippen MR) is 199 cm³/mol. The molecule has 10 nitrogen and oxygen atoms in total. The van der Waals surface area contributed by atoms with Gasteiger partial charge in [0.15, 0.2) is 14.1 Å². The van der Waals surface area contributed by atoms with Gasteiger partial charge in [-0.1, -0.05) is 77.5 Å². The Labute approximate surface area is 307 Å². The summed E-state index contributed by atoms with van der Waals surface area (Å²) in [7, 11) is -6.36. The van der Waals surface area contributed by atoms with E-state index >= 15 is 0 Å². The minimum Gasteiger partial charge on any atom is -0.462 e. The van der Waals surface area contributed by atoms with Gasteiger partial charge in [0.1, 0.15) is 23.7 Å². The molecule has 51 heavy (non-hydrogen) atoms. The Morgan fingerprint density at radius 2 is 1.86 bits per heavy atom. The predicted octanol–water partition coefficient (Wildman–Crippen LogP) is 6.91. The standard InChI is InChI=1S/C39H62O10SSi/c1-11-33-27(4)17-18-38(48-33)22-31-21-30(47-38)16-15-26(3)19-25(2)13-12-14-29-24-44-35-34(49-51(9,10)37(5,6)7)28(23-45-50(8,42)43)20-32(36(40)46-31)39(29,35)41/h12-15,20,25,27,30-35,41H,11,16-19,21-24H2,1-10H3/b13-12+,26-15+,29-14+/t25-,27-,30+,31-,32-,33+,34+,35+,38+,39+/m0/s1. The molecule has 1 aliphatic carbocycles. The van der Waals surface area contributed by atoms with E-state index in [0.717, 1.165) is 25.5 Å². The molecule has 0 saturated carbocycles. The maximum atomic E-state index is 14.6. The Bertz CT molecular complexity index is 1530. The maximum absolute atomic E-state index is 14.6. The molecule has 288 valence electrons. The van der Waals surface area contributed by atoms with Crippen LogP contribution in [0.4, 0.5) is 0 Å². The highest BCUT2D eigenvalue weighted by atomic mass is 32.2. The fraction of sp³-hybridized carbons (Fsp3) is 0.769. The lowest BCUT2D eigenvalue weighted by molar-refractivity contribution is -0.335. The molecule has 0 aromatic heterocycles. The smallest absolute Gasteiger partial charge is 0.316 e. The molecule has 4 aliphatic heterocycles. The molecule has 1 N–H and O–H groups in total. The number of allylic oxidation sites excluding steroid dienone is 4. The van der Waals surface area contributed by atoms with Crippen molar-refractivity contribution in [3.05, 3.63) is 47.1 Å². The van der Waals surface area contributed by atoms with Gasteiger partial charge in [-0.3, -0.25) is 8.98 Å². The van der Waals surface area contributed by atoms with Crippen LogP contribution in [0.15, 0.2) is 47.1 Å². The molecule has 5 aliphatic rings. The van der Waals surface area contributed by atoms with Crippen molar-refractivity contribution in [1.82, 2.24) is 0 Å². The maximum Gasteiger partial charge on any atom is 0.316 e. The molecule has 2 bridgehead atoms. The zero-order valence-electron chi connectivity index (χ0n) is 32.4. The average Bonchev–Trinajstić information content (AvgIpc) is 3.35. The second kappa shape index (κ2) is 15.2. The zero-order chi connectivity index (χ0) is 37.6. The summed E-state index contributed by atoms with van der Waals surface area (Å²) in [5.41, 5.74) is 0.408. The average molecular weight is 751 g/mol. The molecule has 0 radical (unpaired) electrons.